The highest BCUT2D eigenvalue weighted by Crippen LogP contribution is 1.92. The van der Waals surface area contributed by atoms with E-state index in [9.17, 15) is 18.0 Å². The molecular formula is C6H3N7O4S. The molecular weight excluding hydrogens is 266 g/mol. The number of benzene rings is 1. The molecule has 0 aliphatic rings. The van der Waals surface area contributed by atoms with E-state index in [1.165, 1.54) is 0 Å². The van der Waals surface area contributed by atoms with Crippen LogP contribution in [0, 0.1) is 5.39 Å². The summed E-state index contributed by atoms with van der Waals surface area (Å²) in [5, 5.41) is 21.6. The third-order valence-electron chi connectivity index (χ3n) is 1.75. The molecule has 1 aromatic rings. The van der Waals surface area contributed by atoms with Crippen LogP contribution < -0.4 is 26.7 Å². The number of diazo groups is 1. The molecule has 0 bridgehead atoms. The molecule has 0 spiro atoms. The van der Waals surface area contributed by atoms with Gasteiger partial charge >= 0.3 is 5.08 Å². The van der Waals surface area contributed by atoms with E-state index in [2.05, 4.69) is 20.5 Å². The van der Waals surface area contributed by atoms with Gasteiger partial charge in [0.2, 0.25) is 20.9 Å². The van der Waals surface area contributed by atoms with Crippen molar-refractivity contribution in [1.82, 2.24) is 0 Å². The molecule has 0 aromatic heterocycles. The summed E-state index contributed by atoms with van der Waals surface area (Å²) in [7, 11) is -4.42. The van der Waals surface area contributed by atoms with E-state index in [0.29, 0.717) is 6.07 Å². The zero-order valence-corrected chi connectivity index (χ0v) is 9.20. The summed E-state index contributed by atoms with van der Waals surface area (Å²) in [5.41, 5.74) is 5.68. The van der Waals surface area contributed by atoms with Crippen LogP contribution in [0.25, 0.3) is 10.6 Å². The molecule has 0 atom stereocenters. The van der Waals surface area contributed by atoms with Gasteiger partial charge in [0.25, 0.3) is 5.39 Å². The summed E-state index contributed by atoms with van der Waals surface area (Å²) in [5.74, 6) is 0. The van der Waals surface area contributed by atoms with Gasteiger partial charge in [0.1, 0.15) is 4.90 Å². The van der Waals surface area contributed by atoms with E-state index in [1.54, 1.807) is 0 Å². The van der Waals surface area contributed by atoms with Gasteiger partial charge in [-0.1, -0.05) is 0 Å². The van der Waals surface area contributed by atoms with Crippen LogP contribution in [0.2, 0.25) is 0 Å². The van der Waals surface area contributed by atoms with Crippen LogP contribution in [0.15, 0.2) is 36.0 Å². The molecule has 0 aliphatic heterocycles. The highest BCUT2D eigenvalue weighted by molar-refractivity contribution is 7.89. The molecule has 0 aliphatic carbocycles. The third kappa shape index (κ3) is 2.36. The monoisotopic (exact) mass is 269 g/mol. The van der Waals surface area contributed by atoms with E-state index in [-0.39, 0.29) is 0 Å². The summed E-state index contributed by atoms with van der Waals surface area (Å²) in [6.45, 7) is 0. The quantitative estimate of drug-likeness (QED) is 0.267. The number of hydrogen-bond acceptors (Lipinski definition) is 7. The van der Waals surface area contributed by atoms with Gasteiger partial charge in [-0.2, -0.15) is 0 Å². The van der Waals surface area contributed by atoms with Gasteiger partial charge in [0.15, 0.2) is 10.5 Å². The normalized spacial score (nSPS) is 13.3. The number of sulfonamides is 1. The molecule has 1 aromatic carbocycles. The second kappa shape index (κ2) is 4.69. The van der Waals surface area contributed by atoms with Crippen LogP contribution in [0.1, 0.15) is 0 Å². The fraction of sp³-hybridized carbons (Fsp3) is 0. The lowest BCUT2D eigenvalue weighted by Crippen LogP contribution is -2.50. The van der Waals surface area contributed by atoms with E-state index >= 15 is 0 Å². The van der Waals surface area contributed by atoms with Gasteiger partial charge < -0.3 is 10.6 Å². The van der Waals surface area contributed by atoms with Crippen molar-refractivity contribution in [2.24, 2.45) is 20.6 Å². The van der Waals surface area contributed by atoms with Crippen LogP contribution in [-0.2, 0) is 10.0 Å². The summed E-state index contributed by atoms with van der Waals surface area (Å²) in [6.07, 6.45) is 0. The van der Waals surface area contributed by atoms with Gasteiger partial charge in [0.05, 0.1) is 5.36 Å². The molecule has 0 amide bonds. The van der Waals surface area contributed by atoms with Crippen molar-refractivity contribution in [3.63, 3.8) is 0 Å². The molecule has 0 radical (unpaired) electrons. The smallest absolute Gasteiger partial charge is 0.339 e. The van der Waals surface area contributed by atoms with Crippen LogP contribution in [0.5, 0.6) is 0 Å². The summed E-state index contributed by atoms with van der Waals surface area (Å²) >= 11 is 0. The van der Waals surface area contributed by atoms with E-state index in [0.717, 1.165) is 0 Å². The molecule has 1 rings (SSSR count). The maximum absolute atomic E-state index is 11.3. The lowest BCUT2D eigenvalue weighted by atomic mass is 10.3. The van der Waals surface area contributed by atoms with Gasteiger partial charge in [-0.3, -0.25) is 14.8 Å². The Labute approximate surface area is 97.8 Å². The van der Waals surface area contributed by atoms with Crippen LogP contribution in [-0.4, -0.2) is 8.42 Å². The van der Waals surface area contributed by atoms with Gasteiger partial charge in [0, 0.05) is 6.07 Å². The van der Waals surface area contributed by atoms with Crippen LogP contribution >= 0.6 is 0 Å². The second-order valence-electron chi connectivity index (χ2n) is 2.82. The zero-order valence-electron chi connectivity index (χ0n) is 8.38. The van der Waals surface area contributed by atoms with E-state index in [1.807, 2.05) is 0 Å². The maximum Gasteiger partial charge on any atom is 0.339 e. The first-order valence-corrected chi connectivity index (χ1v) is 5.55. The Kier molecular flexibility index (Phi) is 3.50. The summed E-state index contributed by atoms with van der Waals surface area (Å²) in [6, 6.07) is 0.401. The minimum Gasteiger partial charge on any atom is -0.362 e. The Hall–Kier alpha value is -2.65. The van der Waals surface area contributed by atoms with E-state index < -0.39 is 36.5 Å². The Morgan fingerprint density at radius 1 is 1.33 bits per heavy atom. The number of rotatable bonds is 2. The zero-order chi connectivity index (χ0) is 13.9. The Balaban J connectivity index is 4.29. The number of hydrogen-bond donors (Lipinski definition) is 1. The first-order chi connectivity index (χ1) is 8.32. The molecule has 0 saturated carbocycles. The molecule has 92 valence electrons. The molecule has 18 heavy (non-hydrogen) atoms. The van der Waals surface area contributed by atoms with Crippen molar-refractivity contribution in [2.75, 3.05) is 0 Å². The molecule has 12 heteroatoms. The van der Waals surface area contributed by atoms with Crippen molar-refractivity contribution in [2.45, 2.75) is 4.90 Å². The molecule has 11 nitrogen and oxygen atoms in total. The molecule has 0 saturated heterocycles. The number of nitrogens with zero attached hydrogens (tertiary/aromatic N) is 6. The van der Waals surface area contributed by atoms with Crippen LogP contribution in [0.3, 0.4) is 0 Å². The van der Waals surface area contributed by atoms with Crippen molar-refractivity contribution < 1.29 is 8.42 Å². The fourth-order valence-corrected chi connectivity index (χ4v) is 1.77. The highest BCUT2D eigenvalue weighted by Gasteiger charge is 2.17. The predicted molar refractivity (Wildman–Crippen MR) is 54.7 cm³/mol. The summed E-state index contributed by atoms with van der Waals surface area (Å²) < 4.78 is 22.3. The van der Waals surface area contributed by atoms with Crippen molar-refractivity contribution in [1.29, 1.82) is 5.39 Å². The second-order valence-corrected chi connectivity index (χ2v) is 4.35. The lowest BCUT2D eigenvalue weighted by Gasteiger charge is -1.96. The number of nitrogens with two attached hydrogens (primary N) is 1. The average molecular weight is 269 g/mol. The van der Waals surface area contributed by atoms with Gasteiger partial charge in [-0.05, 0) is 0 Å². The highest BCUT2D eigenvalue weighted by atomic mass is 32.2. The lowest BCUT2D eigenvalue weighted by molar-refractivity contribution is 0.596. The molecule has 2 N–H and O–H groups in total. The average Bonchev–Trinajstić information content (AvgIpc) is 2.27. The van der Waals surface area contributed by atoms with Crippen molar-refractivity contribution in [3.05, 3.63) is 47.8 Å². The standard InChI is InChI=1S/C6H3N7O4S/c7-12-10-4-3(18(9,16)17)1-2(14)6(15)5(4)11-13-8/h1H,(H2,9,16,17). The molecule has 0 heterocycles. The van der Waals surface area contributed by atoms with E-state index in [4.69, 9.17) is 16.1 Å². The first kappa shape index (κ1) is 13.4. The minimum absolute atomic E-state index is 0.401. The van der Waals surface area contributed by atoms with Crippen molar-refractivity contribution in [3.8, 4) is 0 Å². The number of primary sulfonamides is 1. The largest absolute Gasteiger partial charge is 0.362 e. The Morgan fingerprint density at radius 3 is 2.39 bits per heavy atom. The maximum atomic E-state index is 11.3. The molecule has 0 unspecified atom stereocenters. The van der Waals surface area contributed by atoms with Crippen molar-refractivity contribution >= 4 is 10.0 Å². The summed E-state index contributed by atoms with van der Waals surface area (Å²) in [4.78, 5) is 21.6. The van der Waals surface area contributed by atoms with Gasteiger partial charge in [-0.15, -0.1) is 0 Å². The Bertz CT molecular complexity index is 868. The topological polar surface area (TPSA) is 182 Å². The third-order valence-corrected chi connectivity index (χ3v) is 2.68. The minimum atomic E-state index is -4.42. The SMILES string of the molecule is N#[N+]N=c1c(S(N)(=O)=O)cc(=O)c(=O)c1=NN=[N-]. The Morgan fingerprint density at radius 2 is 1.94 bits per heavy atom. The first-order valence-electron chi connectivity index (χ1n) is 4.01. The predicted octanol–water partition coefficient (Wildman–Crippen LogP) is -2.56. The fourth-order valence-electron chi connectivity index (χ4n) is 1.09. The van der Waals surface area contributed by atoms with Crippen LogP contribution in [0.4, 0.5) is 0 Å². The molecule has 0 fully saturated rings. The van der Waals surface area contributed by atoms with Gasteiger partial charge in [-0.25, -0.2) is 13.6 Å².